The molecule has 1 atom stereocenters. The van der Waals surface area contributed by atoms with Crippen molar-refractivity contribution in [3.05, 3.63) is 65.1 Å². The molecular formula is C27H28N8O2. The Bertz CT molecular complexity index is 1690. The summed E-state index contributed by atoms with van der Waals surface area (Å²) < 4.78 is 3.34. The Kier molecular flexibility index (Phi) is 5.60. The minimum Gasteiger partial charge on any atom is -0.391 e. The second kappa shape index (κ2) is 8.97. The van der Waals surface area contributed by atoms with E-state index in [-0.39, 0.29) is 11.8 Å². The van der Waals surface area contributed by atoms with Crippen molar-refractivity contribution in [2.24, 2.45) is 7.05 Å². The van der Waals surface area contributed by atoms with Crippen LogP contribution >= 0.6 is 0 Å². The summed E-state index contributed by atoms with van der Waals surface area (Å²) in [5.41, 5.74) is 5.40. The van der Waals surface area contributed by atoms with Crippen LogP contribution in [0.4, 0.5) is 11.8 Å². The summed E-state index contributed by atoms with van der Waals surface area (Å²) >= 11 is 0. The number of aryl methyl sites for hydroxylation is 2. The molecule has 2 N–H and O–H groups in total. The van der Waals surface area contributed by atoms with E-state index in [1.807, 2.05) is 44.2 Å². The Hall–Kier alpha value is -4.31. The maximum atomic E-state index is 13.5. The lowest BCUT2D eigenvalue weighted by Gasteiger charge is -2.18. The molecule has 0 radical (unpaired) electrons. The Morgan fingerprint density at radius 1 is 1.08 bits per heavy atom. The Morgan fingerprint density at radius 3 is 2.59 bits per heavy atom. The second-order valence-electron chi connectivity index (χ2n) is 9.39. The van der Waals surface area contributed by atoms with Crippen molar-refractivity contribution in [2.45, 2.75) is 26.4 Å². The van der Waals surface area contributed by atoms with Gasteiger partial charge in [-0.05, 0) is 50.1 Å². The van der Waals surface area contributed by atoms with E-state index in [1.54, 1.807) is 34.8 Å². The number of fused-ring (bicyclic) bond motifs is 3. The minimum atomic E-state index is -0.333. The summed E-state index contributed by atoms with van der Waals surface area (Å²) in [6.45, 7) is 5.99. The topological polar surface area (TPSA) is 114 Å². The number of pyridine rings is 2. The summed E-state index contributed by atoms with van der Waals surface area (Å²) in [5, 5.41) is 13.9. The van der Waals surface area contributed by atoms with Crippen molar-refractivity contribution in [1.82, 2.24) is 29.1 Å². The first-order chi connectivity index (χ1) is 17.9. The molecule has 6 rings (SSSR count). The van der Waals surface area contributed by atoms with E-state index < -0.39 is 0 Å². The van der Waals surface area contributed by atoms with Crippen molar-refractivity contribution in [3.8, 4) is 16.8 Å². The van der Waals surface area contributed by atoms with Gasteiger partial charge in [-0.2, -0.15) is 0 Å². The molecule has 0 unspecified atom stereocenters. The van der Waals surface area contributed by atoms with Crippen molar-refractivity contribution >= 4 is 33.7 Å². The molecule has 0 amide bonds. The molecule has 0 saturated carbocycles. The fraction of sp³-hybridized carbons (Fsp3) is 0.296. The molecule has 1 aliphatic rings. The second-order valence-corrected chi connectivity index (χ2v) is 9.39. The Morgan fingerprint density at radius 2 is 1.89 bits per heavy atom. The molecule has 0 spiro atoms. The molecule has 10 heteroatoms. The zero-order valence-corrected chi connectivity index (χ0v) is 21.0. The van der Waals surface area contributed by atoms with E-state index >= 15 is 0 Å². The van der Waals surface area contributed by atoms with E-state index in [9.17, 15) is 9.90 Å². The predicted molar refractivity (Wildman–Crippen MR) is 144 cm³/mol. The highest BCUT2D eigenvalue weighted by Gasteiger charge is 2.23. The molecule has 0 aliphatic carbocycles. The quantitative estimate of drug-likeness (QED) is 0.382. The third-order valence-electron chi connectivity index (χ3n) is 6.97. The molecule has 0 bridgehead atoms. The van der Waals surface area contributed by atoms with Crippen LogP contribution in [-0.4, -0.2) is 59.9 Å². The fourth-order valence-corrected chi connectivity index (χ4v) is 5.03. The number of aliphatic hydroxyl groups excluding tert-OH is 1. The summed E-state index contributed by atoms with van der Waals surface area (Å²) in [5.74, 6) is 1.39. The molecule has 37 heavy (non-hydrogen) atoms. The lowest BCUT2D eigenvalue weighted by atomic mass is 10.1. The maximum absolute atomic E-state index is 13.5. The van der Waals surface area contributed by atoms with Gasteiger partial charge in [0.1, 0.15) is 5.82 Å². The number of nitrogens with one attached hydrogen (secondary N) is 1. The first-order valence-electron chi connectivity index (χ1n) is 12.4. The SMILES string of the molecule is CCNc1ncc(-c2ccc3ncc4c(c3c2)n(-c2ccc(N3CC[C@@H](O)C3)nc2C)c(=O)n4C)cn1. The summed E-state index contributed by atoms with van der Waals surface area (Å²) in [4.78, 5) is 33.8. The summed E-state index contributed by atoms with van der Waals surface area (Å²) in [6.07, 6.45) is 5.72. The van der Waals surface area contributed by atoms with Gasteiger partial charge in [0.25, 0.3) is 0 Å². The number of aromatic nitrogens is 6. The van der Waals surface area contributed by atoms with E-state index in [4.69, 9.17) is 4.98 Å². The monoisotopic (exact) mass is 496 g/mol. The molecule has 5 heterocycles. The zero-order valence-electron chi connectivity index (χ0n) is 21.0. The fourth-order valence-electron chi connectivity index (χ4n) is 5.03. The largest absolute Gasteiger partial charge is 0.391 e. The van der Waals surface area contributed by atoms with Crippen LogP contribution in [0.5, 0.6) is 0 Å². The highest BCUT2D eigenvalue weighted by Crippen LogP contribution is 2.30. The Balaban J connectivity index is 1.52. The summed E-state index contributed by atoms with van der Waals surface area (Å²) in [7, 11) is 1.76. The number of aliphatic hydroxyl groups is 1. The van der Waals surface area contributed by atoms with Gasteiger partial charge in [-0.25, -0.2) is 19.7 Å². The van der Waals surface area contributed by atoms with Crippen LogP contribution in [0.15, 0.2) is 53.7 Å². The average Bonchev–Trinajstić information content (AvgIpc) is 3.45. The summed E-state index contributed by atoms with van der Waals surface area (Å²) in [6, 6.07) is 9.84. The third kappa shape index (κ3) is 3.89. The van der Waals surface area contributed by atoms with Gasteiger partial charge in [-0.15, -0.1) is 0 Å². The standard InChI is InChI=1S/C27H28N8O2/c1-4-28-26-30-12-18(13-31-26)17-5-6-21-20(11-17)25-23(14-29-21)33(3)27(37)35(25)22-7-8-24(32-16(22)2)34-10-9-19(36)15-34/h5-8,11-14,19,36H,4,9-10,15H2,1-3H3,(H,28,30,31)/t19-/m1/s1. The molecular weight excluding hydrogens is 468 g/mol. The highest BCUT2D eigenvalue weighted by molar-refractivity contribution is 6.04. The van der Waals surface area contributed by atoms with Crippen LogP contribution in [0, 0.1) is 6.92 Å². The molecule has 1 saturated heterocycles. The van der Waals surface area contributed by atoms with Gasteiger partial charge in [-0.1, -0.05) is 6.07 Å². The van der Waals surface area contributed by atoms with Gasteiger partial charge in [0.15, 0.2) is 0 Å². The number of anilines is 2. The lowest BCUT2D eigenvalue weighted by Crippen LogP contribution is -2.24. The van der Waals surface area contributed by atoms with Crippen LogP contribution in [-0.2, 0) is 7.05 Å². The smallest absolute Gasteiger partial charge is 0.333 e. The number of benzene rings is 1. The van der Waals surface area contributed by atoms with Crippen LogP contribution in [0.3, 0.4) is 0 Å². The van der Waals surface area contributed by atoms with Gasteiger partial charge in [0, 0.05) is 50.0 Å². The van der Waals surface area contributed by atoms with Crippen LogP contribution in [0.25, 0.3) is 38.8 Å². The van der Waals surface area contributed by atoms with Gasteiger partial charge in [-0.3, -0.25) is 14.1 Å². The molecule has 5 aromatic rings. The van der Waals surface area contributed by atoms with E-state index in [1.165, 1.54) is 0 Å². The van der Waals surface area contributed by atoms with Crippen molar-refractivity contribution < 1.29 is 5.11 Å². The number of rotatable bonds is 5. The number of β-amino-alcohol motifs (C(OH)–C–C–N with tert-alkyl or cyclic N) is 1. The first-order valence-corrected chi connectivity index (χ1v) is 12.4. The van der Waals surface area contributed by atoms with Gasteiger partial charge in [0.2, 0.25) is 5.95 Å². The minimum absolute atomic E-state index is 0.165. The Labute approximate surface area is 213 Å². The van der Waals surface area contributed by atoms with Crippen LogP contribution < -0.4 is 15.9 Å². The maximum Gasteiger partial charge on any atom is 0.333 e. The lowest BCUT2D eigenvalue weighted by molar-refractivity contribution is 0.198. The molecule has 188 valence electrons. The van der Waals surface area contributed by atoms with E-state index in [0.29, 0.717) is 12.5 Å². The van der Waals surface area contributed by atoms with Gasteiger partial charge >= 0.3 is 5.69 Å². The van der Waals surface area contributed by atoms with Crippen molar-refractivity contribution in [3.63, 3.8) is 0 Å². The van der Waals surface area contributed by atoms with Crippen LogP contribution in [0.1, 0.15) is 19.0 Å². The van der Waals surface area contributed by atoms with Crippen LogP contribution in [0.2, 0.25) is 0 Å². The van der Waals surface area contributed by atoms with E-state index in [0.717, 1.165) is 69.8 Å². The third-order valence-corrected chi connectivity index (χ3v) is 6.97. The van der Waals surface area contributed by atoms with Gasteiger partial charge < -0.3 is 15.3 Å². The number of hydrogen-bond donors (Lipinski definition) is 2. The molecule has 10 nitrogen and oxygen atoms in total. The van der Waals surface area contributed by atoms with Gasteiger partial charge in [0.05, 0.1) is 40.2 Å². The number of hydrogen-bond acceptors (Lipinski definition) is 8. The highest BCUT2D eigenvalue weighted by atomic mass is 16.3. The van der Waals surface area contributed by atoms with Crippen molar-refractivity contribution in [1.29, 1.82) is 0 Å². The first kappa shape index (κ1) is 23.1. The molecule has 4 aromatic heterocycles. The molecule has 1 aromatic carbocycles. The zero-order chi connectivity index (χ0) is 25.7. The normalized spacial score (nSPS) is 15.7. The van der Waals surface area contributed by atoms with E-state index in [2.05, 4.69) is 25.2 Å². The predicted octanol–water partition coefficient (Wildman–Crippen LogP) is 3.04. The number of nitrogens with zero attached hydrogens (tertiary/aromatic N) is 7. The molecule has 1 fully saturated rings. The average molecular weight is 497 g/mol. The van der Waals surface area contributed by atoms with Crippen molar-refractivity contribution in [2.75, 3.05) is 29.9 Å². The molecule has 1 aliphatic heterocycles. The number of imidazole rings is 1.